The van der Waals surface area contributed by atoms with Gasteiger partial charge in [-0.2, -0.15) is 0 Å². The Morgan fingerprint density at radius 3 is 2.77 bits per heavy atom. The molecule has 1 aromatic heterocycles. The minimum atomic E-state index is -2.55. The first-order valence-corrected chi connectivity index (χ1v) is 8.90. The van der Waals surface area contributed by atoms with Crippen molar-refractivity contribution in [1.29, 1.82) is 0 Å². The average Bonchev–Trinajstić information content (AvgIpc) is 2.64. The van der Waals surface area contributed by atoms with Crippen molar-refractivity contribution in [2.45, 2.75) is 51.0 Å². The van der Waals surface area contributed by atoms with Crippen LogP contribution < -0.4 is 10.1 Å². The van der Waals surface area contributed by atoms with Crippen LogP contribution in [0.3, 0.4) is 0 Å². The standard InChI is InChI=1S/C19H26F2N2O3/c1-3-16(12-24)23-17(25)15-10-14(18(26-2)22-11-15)5-4-13-6-8-19(20,21)9-7-13/h4-5,10-11,13,16,24H,3,6-9,12H2,1-2H3,(H,23,25). The summed E-state index contributed by atoms with van der Waals surface area (Å²) in [6.45, 7) is 1.74. The van der Waals surface area contributed by atoms with Crippen LogP contribution in [0.25, 0.3) is 6.08 Å². The van der Waals surface area contributed by atoms with E-state index in [1.807, 2.05) is 13.0 Å². The topological polar surface area (TPSA) is 71.5 Å². The van der Waals surface area contributed by atoms with Crippen molar-refractivity contribution in [3.8, 4) is 5.88 Å². The summed E-state index contributed by atoms with van der Waals surface area (Å²) >= 11 is 0. The van der Waals surface area contributed by atoms with E-state index in [-0.39, 0.29) is 37.3 Å². The van der Waals surface area contributed by atoms with Crippen LogP contribution >= 0.6 is 0 Å². The smallest absolute Gasteiger partial charge is 0.253 e. The number of carbonyl (C=O) groups is 1. The van der Waals surface area contributed by atoms with E-state index >= 15 is 0 Å². The van der Waals surface area contributed by atoms with Crippen LogP contribution in [0, 0.1) is 5.92 Å². The van der Waals surface area contributed by atoms with Crippen LogP contribution in [0.2, 0.25) is 0 Å². The third-order valence-corrected chi connectivity index (χ3v) is 4.69. The van der Waals surface area contributed by atoms with Crippen LogP contribution in [0.5, 0.6) is 5.88 Å². The van der Waals surface area contributed by atoms with Crippen molar-refractivity contribution in [2.75, 3.05) is 13.7 Å². The lowest BCUT2D eigenvalue weighted by molar-refractivity contribution is -0.0410. The van der Waals surface area contributed by atoms with Gasteiger partial charge in [-0.15, -0.1) is 0 Å². The highest BCUT2D eigenvalue weighted by Crippen LogP contribution is 2.37. The predicted octanol–water partition coefficient (Wildman–Crippen LogP) is 3.43. The molecular weight excluding hydrogens is 342 g/mol. The number of alkyl halides is 2. The van der Waals surface area contributed by atoms with Gasteiger partial charge in [-0.3, -0.25) is 4.79 Å². The van der Waals surface area contributed by atoms with E-state index in [1.165, 1.54) is 13.3 Å². The number of aromatic nitrogens is 1. The number of halogens is 2. The first-order chi connectivity index (χ1) is 12.4. The van der Waals surface area contributed by atoms with Crippen molar-refractivity contribution in [2.24, 2.45) is 5.92 Å². The van der Waals surface area contributed by atoms with Gasteiger partial charge >= 0.3 is 0 Å². The van der Waals surface area contributed by atoms with E-state index in [0.717, 1.165) is 0 Å². The first kappa shape index (κ1) is 20.3. The second kappa shape index (κ2) is 9.07. The van der Waals surface area contributed by atoms with E-state index in [4.69, 9.17) is 4.74 Å². The Bertz CT molecular complexity index is 636. The molecule has 1 fully saturated rings. The van der Waals surface area contributed by atoms with Crippen molar-refractivity contribution in [3.05, 3.63) is 29.5 Å². The Balaban J connectivity index is 2.11. The molecule has 1 atom stereocenters. The number of pyridine rings is 1. The van der Waals surface area contributed by atoms with Gasteiger partial charge < -0.3 is 15.2 Å². The maximum Gasteiger partial charge on any atom is 0.253 e. The zero-order valence-corrected chi connectivity index (χ0v) is 15.2. The number of aliphatic hydroxyl groups is 1. The summed E-state index contributed by atoms with van der Waals surface area (Å²) in [6, 6.07) is 1.34. The third-order valence-electron chi connectivity index (χ3n) is 4.69. The Kier molecular flexibility index (Phi) is 7.08. The van der Waals surface area contributed by atoms with Crippen molar-refractivity contribution in [3.63, 3.8) is 0 Å². The number of hydrogen-bond acceptors (Lipinski definition) is 4. The number of nitrogens with one attached hydrogen (secondary N) is 1. The van der Waals surface area contributed by atoms with Gasteiger partial charge in [0.1, 0.15) is 0 Å². The van der Waals surface area contributed by atoms with Gasteiger partial charge in [-0.1, -0.05) is 19.1 Å². The molecule has 0 aromatic carbocycles. The van der Waals surface area contributed by atoms with Crippen molar-refractivity contribution in [1.82, 2.24) is 10.3 Å². The average molecular weight is 368 g/mol. The molecule has 2 N–H and O–H groups in total. The van der Waals surface area contributed by atoms with E-state index in [1.54, 1.807) is 12.1 Å². The highest BCUT2D eigenvalue weighted by Gasteiger charge is 2.33. The molecule has 0 radical (unpaired) electrons. The van der Waals surface area contributed by atoms with Gasteiger partial charge in [0.05, 0.1) is 25.3 Å². The second-order valence-corrected chi connectivity index (χ2v) is 6.64. The molecule has 1 unspecified atom stereocenters. The minimum Gasteiger partial charge on any atom is -0.481 e. The molecular formula is C19H26F2N2O3. The van der Waals surface area contributed by atoms with Crippen LogP contribution in [-0.2, 0) is 0 Å². The molecule has 26 heavy (non-hydrogen) atoms. The molecule has 0 saturated heterocycles. The Hall–Kier alpha value is -2.02. The number of methoxy groups -OCH3 is 1. The van der Waals surface area contributed by atoms with E-state index < -0.39 is 5.92 Å². The fourth-order valence-electron chi connectivity index (χ4n) is 2.92. The Morgan fingerprint density at radius 1 is 1.50 bits per heavy atom. The van der Waals surface area contributed by atoms with Crippen molar-refractivity contribution >= 4 is 12.0 Å². The zero-order valence-electron chi connectivity index (χ0n) is 15.2. The summed E-state index contributed by atoms with van der Waals surface area (Å²) in [5.74, 6) is -2.43. The lowest BCUT2D eigenvalue weighted by Crippen LogP contribution is -2.37. The summed E-state index contributed by atoms with van der Waals surface area (Å²) < 4.78 is 31.7. The molecule has 1 aliphatic rings. The third kappa shape index (κ3) is 5.49. The lowest BCUT2D eigenvalue weighted by Gasteiger charge is -2.26. The highest BCUT2D eigenvalue weighted by atomic mass is 19.3. The van der Waals surface area contributed by atoms with Crippen LogP contribution in [0.15, 0.2) is 18.3 Å². The predicted molar refractivity (Wildman–Crippen MR) is 95.4 cm³/mol. The number of carbonyl (C=O) groups excluding carboxylic acids is 1. The fourth-order valence-corrected chi connectivity index (χ4v) is 2.92. The molecule has 1 amide bonds. The summed E-state index contributed by atoms with van der Waals surface area (Å²) in [7, 11) is 1.49. The van der Waals surface area contributed by atoms with Gasteiger partial charge in [-0.05, 0) is 31.2 Å². The van der Waals surface area contributed by atoms with Crippen LogP contribution in [0.4, 0.5) is 8.78 Å². The van der Waals surface area contributed by atoms with E-state index in [0.29, 0.717) is 36.3 Å². The van der Waals surface area contributed by atoms with Crippen LogP contribution in [-0.4, -0.2) is 41.7 Å². The number of aliphatic hydroxyl groups excluding tert-OH is 1. The molecule has 1 aromatic rings. The maximum absolute atomic E-state index is 13.2. The maximum atomic E-state index is 13.2. The monoisotopic (exact) mass is 368 g/mol. The lowest BCUT2D eigenvalue weighted by atomic mass is 9.86. The molecule has 1 heterocycles. The van der Waals surface area contributed by atoms with Gasteiger partial charge in [-0.25, -0.2) is 13.8 Å². The molecule has 1 saturated carbocycles. The number of ether oxygens (including phenoxy) is 1. The van der Waals surface area contributed by atoms with Gasteiger partial charge in [0, 0.05) is 24.6 Å². The summed E-state index contributed by atoms with van der Waals surface area (Å²) in [6.07, 6.45) is 6.38. The molecule has 0 spiro atoms. The van der Waals surface area contributed by atoms with Crippen molar-refractivity contribution < 1.29 is 23.4 Å². The number of nitrogens with zero attached hydrogens (tertiary/aromatic N) is 1. The molecule has 1 aliphatic carbocycles. The largest absolute Gasteiger partial charge is 0.481 e. The first-order valence-electron chi connectivity index (χ1n) is 8.90. The Labute approximate surface area is 152 Å². The van der Waals surface area contributed by atoms with E-state index in [9.17, 15) is 18.7 Å². The number of allylic oxidation sites excluding steroid dienone is 1. The molecule has 7 heteroatoms. The molecule has 0 aliphatic heterocycles. The molecule has 5 nitrogen and oxygen atoms in total. The van der Waals surface area contributed by atoms with Gasteiger partial charge in [0.2, 0.25) is 11.8 Å². The van der Waals surface area contributed by atoms with Crippen LogP contribution in [0.1, 0.15) is 54.9 Å². The molecule has 0 bridgehead atoms. The summed E-state index contributed by atoms with van der Waals surface area (Å²) in [5.41, 5.74) is 0.974. The highest BCUT2D eigenvalue weighted by molar-refractivity contribution is 5.94. The quantitative estimate of drug-likeness (QED) is 0.773. The number of amides is 1. The second-order valence-electron chi connectivity index (χ2n) is 6.64. The summed E-state index contributed by atoms with van der Waals surface area (Å²) in [4.78, 5) is 16.4. The van der Waals surface area contributed by atoms with E-state index in [2.05, 4.69) is 10.3 Å². The SMILES string of the molecule is CCC(CO)NC(=O)c1cnc(OC)c(C=CC2CCC(F)(F)CC2)c1. The summed E-state index contributed by atoms with van der Waals surface area (Å²) in [5, 5.41) is 11.9. The fraction of sp³-hybridized carbons (Fsp3) is 0.579. The minimum absolute atomic E-state index is 0.0793. The number of rotatable bonds is 7. The normalized spacial score (nSPS) is 18.7. The zero-order chi connectivity index (χ0) is 19.2. The van der Waals surface area contributed by atoms with Gasteiger partial charge in [0.25, 0.3) is 5.91 Å². The molecule has 2 rings (SSSR count). The Morgan fingerprint density at radius 2 is 2.19 bits per heavy atom. The number of hydrogen-bond donors (Lipinski definition) is 2. The van der Waals surface area contributed by atoms with Gasteiger partial charge in [0.15, 0.2) is 0 Å². The molecule has 144 valence electrons.